The fourth-order valence-corrected chi connectivity index (χ4v) is 7.06. The Morgan fingerprint density at radius 2 is 1.02 bits per heavy atom. The first kappa shape index (κ1) is 38.4. The first-order chi connectivity index (χ1) is 22.0. The largest absolute Gasteiger partial charge is 0.397 e. The SMILES string of the molecule is Nc1nc(N)c(N=Nc2ccc(S(=O)(=O)CCOS(=O)(=O)O)cc2S(=O)(=O)O)cc1N=Nc1ccc(S(=O)(=O)CCOS(=O)(=O)O)cc1. The Balaban J connectivity index is 1.86. The number of sulfone groups is 2. The fraction of sp³-hybridized carbons (Fsp3) is 0.190. The third-order valence-electron chi connectivity index (χ3n) is 5.51. The standard InChI is InChI=1S/C21H23N7O15S5/c22-20-17(27-25-13-1-3-14(4-2-13)44(29,30)9-7-42-47(36,37)38)12-18(21(23)24-20)28-26-16-6-5-15(11-19(16)46(33,34)35)45(31,32)10-8-43-48(39,40)41/h1-6,11-12H,7-10H2,(H4,22,23,24)(H,33,34,35)(H,36,37,38)(H,39,40,41). The topological polar surface area (TPSA) is 364 Å². The van der Waals surface area contributed by atoms with Gasteiger partial charge in [-0.1, -0.05) is 0 Å². The lowest BCUT2D eigenvalue weighted by molar-refractivity contribution is 0.282. The van der Waals surface area contributed by atoms with Crippen LogP contribution in [-0.2, 0) is 59.0 Å². The molecule has 2 aromatic carbocycles. The highest BCUT2D eigenvalue weighted by atomic mass is 32.3. The van der Waals surface area contributed by atoms with E-state index in [1.165, 1.54) is 12.1 Å². The Hall–Kier alpha value is -4.06. The molecular weight excluding hydrogens is 751 g/mol. The van der Waals surface area contributed by atoms with Crippen molar-refractivity contribution in [1.29, 1.82) is 0 Å². The number of nitrogen functional groups attached to an aromatic ring is 2. The van der Waals surface area contributed by atoms with E-state index in [9.17, 15) is 46.6 Å². The number of hydrogen-bond donors (Lipinski definition) is 5. The Labute approximate surface area is 273 Å². The summed E-state index contributed by atoms with van der Waals surface area (Å²) in [6, 6.07) is 8.14. The van der Waals surface area contributed by atoms with Gasteiger partial charge in [-0.3, -0.25) is 13.7 Å². The molecule has 0 amide bonds. The summed E-state index contributed by atoms with van der Waals surface area (Å²) in [6.45, 7) is -1.83. The van der Waals surface area contributed by atoms with E-state index in [2.05, 4.69) is 33.8 Å². The number of rotatable bonds is 15. The second-order valence-corrected chi connectivity index (χ2v) is 16.7. The van der Waals surface area contributed by atoms with Crippen LogP contribution in [-0.4, -0.2) is 85.5 Å². The zero-order valence-electron chi connectivity index (χ0n) is 23.6. The summed E-state index contributed by atoms with van der Waals surface area (Å²) in [6.07, 6.45) is 0. The van der Waals surface area contributed by atoms with Gasteiger partial charge < -0.3 is 11.5 Å². The van der Waals surface area contributed by atoms with Gasteiger partial charge in [0.05, 0.1) is 40.2 Å². The summed E-state index contributed by atoms with van der Waals surface area (Å²) in [5, 5.41) is 15.2. The molecule has 1 aromatic heterocycles. The molecule has 1 heterocycles. The van der Waals surface area contributed by atoms with Gasteiger partial charge in [0.15, 0.2) is 31.3 Å². The molecule has 0 saturated carbocycles. The summed E-state index contributed by atoms with van der Waals surface area (Å²) in [4.78, 5) is 1.91. The molecule has 3 aromatic rings. The van der Waals surface area contributed by atoms with Crippen LogP contribution in [0.2, 0.25) is 0 Å². The molecule has 0 unspecified atom stereocenters. The zero-order chi connectivity index (χ0) is 36.1. The third-order valence-corrected chi connectivity index (χ3v) is 10.7. The molecule has 0 aliphatic rings. The van der Waals surface area contributed by atoms with Gasteiger partial charge in [-0.15, -0.1) is 15.3 Å². The number of benzene rings is 2. The third kappa shape index (κ3) is 11.3. The summed E-state index contributed by atoms with van der Waals surface area (Å²) in [5.74, 6) is -2.33. The molecule has 27 heteroatoms. The lowest BCUT2D eigenvalue weighted by atomic mass is 10.3. The zero-order valence-corrected chi connectivity index (χ0v) is 27.7. The van der Waals surface area contributed by atoms with E-state index < -0.39 is 90.8 Å². The van der Waals surface area contributed by atoms with E-state index in [0.717, 1.165) is 30.3 Å². The van der Waals surface area contributed by atoms with E-state index in [0.29, 0.717) is 6.07 Å². The summed E-state index contributed by atoms with van der Waals surface area (Å²) < 4.78 is 151. The summed E-state index contributed by atoms with van der Waals surface area (Å²) in [5.41, 5.74) is 10.8. The van der Waals surface area contributed by atoms with Gasteiger partial charge in [0.1, 0.15) is 22.0 Å². The minimum atomic E-state index is -5.12. The van der Waals surface area contributed by atoms with Gasteiger partial charge in [0, 0.05) is 6.07 Å². The predicted octanol–water partition coefficient (Wildman–Crippen LogP) is 1.51. The molecule has 7 N–H and O–H groups in total. The first-order valence-corrected chi connectivity index (χ1v) is 19.7. The Morgan fingerprint density at radius 3 is 1.50 bits per heavy atom. The van der Waals surface area contributed by atoms with Gasteiger partial charge in [-0.2, -0.15) is 30.4 Å². The van der Waals surface area contributed by atoms with Crippen molar-refractivity contribution in [2.45, 2.75) is 14.7 Å². The van der Waals surface area contributed by atoms with Crippen LogP contribution in [0.4, 0.5) is 34.4 Å². The quantitative estimate of drug-likeness (QED) is 0.108. The van der Waals surface area contributed by atoms with Crippen molar-refractivity contribution in [3.8, 4) is 0 Å². The fourth-order valence-electron chi connectivity index (χ4n) is 3.33. The van der Waals surface area contributed by atoms with Crippen LogP contribution in [0.25, 0.3) is 0 Å². The highest BCUT2D eigenvalue weighted by molar-refractivity contribution is 7.92. The van der Waals surface area contributed by atoms with Crippen molar-refractivity contribution >= 4 is 85.0 Å². The number of azo groups is 2. The number of pyridine rings is 1. The monoisotopic (exact) mass is 773 g/mol. The van der Waals surface area contributed by atoms with Crippen molar-refractivity contribution in [3.05, 3.63) is 48.5 Å². The van der Waals surface area contributed by atoms with Crippen molar-refractivity contribution in [1.82, 2.24) is 4.98 Å². The second kappa shape index (κ2) is 14.6. The maximum absolute atomic E-state index is 12.5. The minimum absolute atomic E-state index is 0.111. The van der Waals surface area contributed by atoms with Crippen LogP contribution in [0, 0.1) is 0 Å². The Bertz CT molecular complexity index is 2310. The maximum atomic E-state index is 12.5. The lowest BCUT2D eigenvalue weighted by Gasteiger charge is -2.08. The van der Waals surface area contributed by atoms with Gasteiger partial charge in [0.2, 0.25) is 0 Å². The van der Waals surface area contributed by atoms with Crippen molar-refractivity contribution < 1.29 is 64.1 Å². The second-order valence-electron chi connectivity index (χ2n) is 8.93. The van der Waals surface area contributed by atoms with E-state index in [1.807, 2.05) is 0 Å². The Kier molecular flexibility index (Phi) is 11.7. The number of nitrogens with two attached hydrogens (primary N) is 2. The number of anilines is 2. The van der Waals surface area contributed by atoms with E-state index >= 15 is 0 Å². The van der Waals surface area contributed by atoms with Crippen LogP contribution in [0.15, 0.2) is 83.7 Å². The van der Waals surface area contributed by atoms with E-state index in [4.69, 9.17) is 20.6 Å². The molecule has 0 saturated heterocycles. The van der Waals surface area contributed by atoms with E-state index in [1.54, 1.807) is 0 Å². The smallest absolute Gasteiger partial charge is 0.382 e. The molecule has 48 heavy (non-hydrogen) atoms. The number of hydrogen-bond acceptors (Lipinski definition) is 19. The van der Waals surface area contributed by atoms with Crippen LogP contribution in [0.1, 0.15) is 0 Å². The van der Waals surface area contributed by atoms with Crippen LogP contribution in [0.5, 0.6) is 0 Å². The highest BCUT2D eigenvalue weighted by Gasteiger charge is 2.23. The van der Waals surface area contributed by atoms with Gasteiger partial charge >= 0.3 is 20.8 Å². The molecule has 0 atom stereocenters. The van der Waals surface area contributed by atoms with Gasteiger partial charge in [-0.05, 0) is 42.5 Å². The minimum Gasteiger partial charge on any atom is -0.382 e. The molecule has 0 bridgehead atoms. The van der Waals surface area contributed by atoms with Crippen molar-refractivity contribution in [2.75, 3.05) is 36.2 Å². The normalized spacial score (nSPS) is 13.4. The molecule has 22 nitrogen and oxygen atoms in total. The number of nitrogens with zero attached hydrogens (tertiary/aromatic N) is 5. The van der Waals surface area contributed by atoms with Gasteiger partial charge in [-0.25, -0.2) is 30.2 Å². The highest BCUT2D eigenvalue weighted by Crippen LogP contribution is 2.34. The van der Waals surface area contributed by atoms with E-state index in [-0.39, 0.29) is 33.6 Å². The average Bonchev–Trinajstić information content (AvgIpc) is 2.94. The van der Waals surface area contributed by atoms with Crippen molar-refractivity contribution in [3.63, 3.8) is 0 Å². The predicted molar refractivity (Wildman–Crippen MR) is 163 cm³/mol. The summed E-state index contributed by atoms with van der Waals surface area (Å²) in [7, 11) is -23.3. The molecule has 0 fully saturated rings. The molecule has 0 aliphatic heterocycles. The van der Waals surface area contributed by atoms with Crippen LogP contribution < -0.4 is 11.5 Å². The maximum Gasteiger partial charge on any atom is 0.397 e. The Morgan fingerprint density at radius 1 is 0.583 bits per heavy atom. The first-order valence-electron chi connectivity index (χ1n) is 12.3. The van der Waals surface area contributed by atoms with Crippen LogP contribution in [0.3, 0.4) is 0 Å². The molecule has 3 rings (SSSR count). The lowest BCUT2D eigenvalue weighted by Crippen LogP contribution is -2.16. The average molecular weight is 774 g/mol. The molecule has 0 radical (unpaired) electrons. The van der Waals surface area contributed by atoms with Crippen molar-refractivity contribution in [2.24, 2.45) is 20.5 Å². The molecule has 0 spiro atoms. The van der Waals surface area contributed by atoms with Gasteiger partial charge in [0.25, 0.3) is 10.1 Å². The molecule has 262 valence electrons. The molecule has 0 aliphatic carbocycles. The number of aromatic nitrogens is 1. The summed E-state index contributed by atoms with van der Waals surface area (Å²) >= 11 is 0. The molecular formula is C21H23N7O15S5. The van der Waals surface area contributed by atoms with Crippen LogP contribution >= 0.6 is 0 Å².